The molecular formula is C20H27N5O4S. The Labute approximate surface area is 176 Å². The monoisotopic (exact) mass is 433 g/mol. The van der Waals surface area contributed by atoms with Gasteiger partial charge in [-0.2, -0.15) is 22.1 Å². The quantitative estimate of drug-likeness (QED) is 0.781. The number of hydrogen-bond donors (Lipinski definition) is 1. The van der Waals surface area contributed by atoms with E-state index in [0.29, 0.717) is 37.4 Å². The number of carbonyl (C=O) groups is 1. The van der Waals surface area contributed by atoms with Crippen LogP contribution in [0.1, 0.15) is 24.2 Å². The van der Waals surface area contributed by atoms with Crippen molar-refractivity contribution >= 4 is 16.1 Å². The molecule has 0 saturated carbocycles. The Balaban J connectivity index is 1.43. The van der Waals surface area contributed by atoms with Crippen LogP contribution in [0.3, 0.4) is 0 Å². The Bertz CT molecular complexity index is 976. The van der Waals surface area contributed by atoms with Crippen LogP contribution in [0.2, 0.25) is 0 Å². The van der Waals surface area contributed by atoms with E-state index in [2.05, 4.69) is 10.2 Å². The molecule has 1 aromatic heterocycles. The number of aromatic nitrogens is 2. The lowest BCUT2D eigenvalue weighted by molar-refractivity contribution is -0.0457. The van der Waals surface area contributed by atoms with Crippen molar-refractivity contribution in [1.29, 1.82) is 0 Å². The van der Waals surface area contributed by atoms with Crippen molar-refractivity contribution in [1.82, 2.24) is 23.7 Å². The molecule has 1 N–H and O–H groups in total. The summed E-state index contributed by atoms with van der Waals surface area (Å²) in [5, 5.41) is 6.95. The smallest absolute Gasteiger partial charge is 0.282 e. The minimum absolute atomic E-state index is 0.135. The van der Waals surface area contributed by atoms with Crippen molar-refractivity contribution in [3.05, 3.63) is 42.1 Å². The van der Waals surface area contributed by atoms with Crippen LogP contribution in [-0.4, -0.2) is 89.5 Å². The van der Waals surface area contributed by atoms with E-state index in [0.717, 1.165) is 5.56 Å². The number of ether oxygens (including phenoxy) is 1. The molecule has 2 fully saturated rings. The SMILES string of the molecule is CC1CN(S(=O)(=O)N2CCN(C(=O)c3cn[nH]c3-c3ccccc3)CC2)CC(C)O1. The van der Waals surface area contributed by atoms with Crippen LogP contribution in [0, 0.1) is 0 Å². The van der Waals surface area contributed by atoms with Crippen molar-refractivity contribution in [2.75, 3.05) is 39.3 Å². The lowest BCUT2D eigenvalue weighted by Crippen LogP contribution is -2.57. The first kappa shape index (κ1) is 21.0. The second-order valence-electron chi connectivity index (χ2n) is 7.80. The van der Waals surface area contributed by atoms with E-state index in [9.17, 15) is 13.2 Å². The summed E-state index contributed by atoms with van der Waals surface area (Å²) in [7, 11) is -3.57. The number of nitrogens with zero attached hydrogens (tertiary/aromatic N) is 4. The summed E-state index contributed by atoms with van der Waals surface area (Å²) in [6, 6.07) is 9.55. The summed E-state index contributed by atoms with van der Waals surface area (Å²) >= 11 is 0. The van der Waals surface area contributed by atoms with Crippen LogP contribution < -0.4 is 0 Å². The standard InChI is InChI=1S/C20H27N5O4S/c1-15-13-25(14-16(2)29-15)30(27,28)24-10-8-23(9-11-24)20(26)18-12-21-22-19(18)17-6-4-3-5-7-17/h3-7,12,15-16H,8-11,13-14H2,1-2H3,(H,21,22). The highest BCUT2D eigenvalue weighted by Crippen LogP contribution is 2.23. The molecule has 2 saturated heterocycles. The Kier molecular flexibility index (Phi) is 5.92. The summed E-state index contributed by atoms with van der Waals surface area (Å²) in [5.74, 6) is -0.145. The lowest BCUT2D eigenvalue weighted by Gasteiger charge is -2.40. The highest BCUT2D eigenvalue weighted by Gasteiger charge is 2.37. The maximum atomic E-state index is 13.1. The van der Waals surface area contributed by atoms with Crippen molar-refractivity contribution in [2.24, 2.45) is 0 Å². The van der Waals surface area contributed by atoms with Gasteiger partial charge in [0.2, 0.25) is 0 Å². The van der Waals surface area contributed by atoms with Crippen molar-refractivity contribution in [2.45, 2.75) is 26.1 Å². The van der Waals surface area contributed by atoms with E-state index in [1.54, 1.807) is 4.90 Å². The Morgan fingerprint density at radius 1 is 1.03 bits per heavy atom. The fourth-order valence-electron chi connectivity index (χ4n) is 4.05. The van der Waals surface area contributed by atoms with Crippen LogP contribution in [0.4, 0.5) is 0 Å². The van der Waals surface area contributed by atoms with E-state index in [4.69, 9.17) is 4.74 Å². The van der Waals surface area contributed by atoms with Crippen molar-refractivity contribution in [3.63, 3.8) is 0 Å². The van der Waals surface area contributed by atoms with Gasteiger partial charge in [-0.3, -0.25) is 9.89 Å². The van der Waals surface area contributed by atoms with E-state index in [-0.39, 0.29) is 31.2 Å². The predicted octanol–water partition coefficient (Wildman–Crippen LogP) is 1.19. The number of amides is 1. The third kappa shape index (κ3) is 4.13. The fourth-order valence-corrected chi connectivity index (χ4v) is 5.80. The Morgan fingerprint density at radius 2 is 1.67 bits per heavy atom. The summed E-state index contributed by atoms with van der Waals surface area (Å²) in [5.41, 5.74) is 2.05. The number of benzene rings is 1. The molecule has 2 unspecified atom stereocenters. The number of piperazine rings is 1. The molecule has 2 aromatic rings. The molecule has 2 aliphatic heterocycles. The van der Waals surface area contributed by atoms with Gasteiger partial charge < -0.3 is 9.64 Å². The highest BCUT2D eigenvalue weighted by molar-refractivity contribution is 7.86. The minimum Gasteiger partial charge on any atom is -0.373 e. The molecule has 2 atom stereocenters. The highest BCUT2D eigenvalue weighted by atomic mass is 32.2. The first-order valence-corrected chi connectivity index (χ1v) is 11.5. The zero-order valence-electron chi connectivity index (χ0n) is 17.2. The maximum absolute atomic E-state index is 13.1. The zero-order chi connectivity index (χ0) is 21.3. The number of hydrogen-bond acceptors (Lipinski definition) is 5. The van der Waals surface area contributed by atoms with Crippen molar-refractivity contribution < 1.29 is 17.9 Å². The molecule has 2 aliphatic rings. The molecule has 9 nitrogen and oxygen atoms in total. The van der Waals surface area contributed by atoms with E-state index < -0.39 is 10.2 Å². The second-order valence-corrected chi connectivity index (χ2v) is 9.73. The molecule has 10 heteroatoms. The minimum atomic E-state index is -3.57. The van der Waals surface area contributed by atoms with E-state index in [1.165, 1.54) is 14.8 Å². The molecule has 1 aromatic carbocycles. The van der Waals surface area contributed by atoms with Gasteiger partial charge in [-0.05, 0) is 13.8 Å². The molecule has 0 aliphatic carbocycles. The number of morpholine rings is 1. The van der Waals surface area contributed by atoms with Gasteiger partial charge in [-0.25, -0.2) is 0 Å². The second kappa shape index (κ2) is 8.46. The average molecular weight is 434 g/mol. The van der Waals surface area contributed by atoms with E-state index >= 15 is 0 Å². The van der Waals surface area contributed by atoms with Gasteiger partial charge in [0.15, 0.2) is 0 Å². The topological polar surface area (TPSA) is 98.8 Å². The van der Waals surface area contributed by atoms with Gasteiger partial charge in [0.25, 0.3) is 16.1 Å². The van der Waals surface area contributed by atoms with Gasteiger partial charge >= 0.3 is 0 Å². The third-order valence-electron chi connectivity index (χ3n) is 5.50. The number of aromatic amines is 1. The van der Waals surface area contributed by atoms with Gasteiger partial charge in [-0.15, -0.1) is 0 Å². The summed E-state index contributed by atoms with van der Waals surface area (Å²) in [4.78, 5) is 14.8. The molecule has 0 bridgehead atoms. The molecule has 3 heterocycles. The first-order chi connectivity index (χ1) is 14.4. The maximum Gasteiger partial charge on any atom is 0.282 e. The van der Waals surface area contributed by atoms with Crippen LogP contribution in [0.5, 0.6) is 0 Å². The number of rotatable bonds is 4. The zero-order valence-corrected chi connectivity index (χ0v) is 18.0. The number of H-pyrrole nitrogens is 1. The van der Waals surface area contributed by atoms with Crippen molar-refractivity contribution in [3.8, 4) is 11.3 Å². The molecule has 0 radical (unpaired) electrons. The molecule has 162 valence electrons. The number of carbonyl (C=O) groups excluding carboxylic acids is 1. The van der Waals surface area contributed by atoms with Gasteiger partial charge in [-0.1, -0.05) is 30.3 Å². The largest absolute Gasteiger partial charge is 0.373 e. The van der Waals surface area contributed by atoms with Crippen LogP contribution >= 0.6 is 0 Å². The predicted molar refractivity (Wildman–Crippen MR) is 112 cm³/mol. The normalized spacial score (nSPS) is 24.1. The lowest BCUT2D eigenvalue weighted by atomic mass is 10.1. The molecule has 1 amide bonds. The Morgan fingerprint density at radius 3 is 2.30 bits per heavy atom. The van der Waals surface area contributed by atoms with Crippen LogP contribution in [0.25, 0.3) is 11.3 Å². The summed E-state index contributed by atoms with van der Waals surface area (Å²) in [6.45, 7) is 5.68. The van der Waals surface area contributed by atoms with Gasteiger partial charge in [0, 0.05) is 44.8 Å². The molecule has 30 heavy (non-hydrogen) atoms. The van der Waals surface area contributed by atoms with Crippen LogP contribution in [-0.2, 0) is 14.9 Å². The number of nitrogens with one attached hydrogen (secondary N) is 1. The molecular weight excluding hydrogens is 406 g/mol. The third-order valence-corrected chi connectivity index (χ3v) is 7.47. The van der Waals surface area contributed by atoms with Gasteiger partial charge in [0.05, 0.1) is 29.7 Å². The Hall–Kier alpha value is -2.27. The van der Waals surface area contributed by atoms with Gasteiger partial charge in [0.1, 0.15) is 0 Å². The average Bonchev–Trinajstić information content (AvgIpc) is 3.23. The molecule has 0 spiro atoms. The van der Waals surface area contributed by atoms with E-state index in [1.807, 2.05) is 44.2 Å². The molecule has 4 rings (SSSR count). The fraction of sp³-hybridized carbons (Fsp3) is 0.500. The summed E-state index contributed by atoms with van der Waals surface area (Å²) < 4.78 is 34.7. The summed E-state index contributed by atoms with van der Waals surface area (Å²) in [6.07, 6.45) is 1.26. The first-order valence-electron chi connectivity index (χ1n) is 10.1. The van der Waals surface area contributed by atoms with Crippen LogP contribution in [0.15, 0.2) is 36.5 Å².